The van der Waals surface area contributed by atoms with Crippen LogP contribution in [0, 0.1) is 40.5 Å². The molecular weight excluding hydrogens is 999 g/mol. The Morgan fingerprint density at radius 3 is 1.30 bits per heavy atom. The number of anilines is 2. The summed E-state index contributed by atoms with van der Waals surface area (Å²) in [5, 5.41) is 53.2. The summed E-state index contributed by atoms with van der Waals surface area (Å²) in [7, 11) is -9.89. The maximum atomic E-state index is 13.5. The fourth-order valence-electron chi connectivity index (χ4n) is 5.45. The number of nitrogens with zero attached hydrogens (tertiary/aromatic N) is 6. The molecule has 0 unspecified atom stereocenters. The van der Waals surface area contributed by atoms with Gasteiger partial charge in [0.1, 0.15) is 11.4 Å². The highest BCUT2D eigenvalue weighted by molar-refractivity contribution is 9.09. The summed E-state index contributed by atoms with van der Waals surface area (Å²) in [5.74, 6) is -1.45. The van der Waals surface area contributed by atoms with Crippen LogP contribution in [-0.4, -0.2) is 129 Å². The third kappa shape index (κ3) is 17.2. The van der Waals surface area contributed by atoms with Crippen LogP contribution in [-0.2, 0) is 28.6 Å². The molecule has 334 valence electrons. The monoisotopic (exact) mass is 1040 g/mol. The lowest BCUT2D eigenvalue weighted by Gasteiger charge is -2.25. The number of Topliss-reactive ketones (excluding diaryl/α,β-unsaturated/α-hetero) is 2. The Balaban J connectivity index is 2.16. The first-order valence-electron chi connectivity index (χ1n) is 17.3. The molecule has 0 atom stereocenters. The summed E-state index contributed by atoms with van der Waals surface area (Å²) in [5.41, 5.74) is -4.25. The highest BCUT2D eigenvalue weighted by Gasteiger charge is 2.32. The van der Waals surface area contributed by atoms with E-state index in [-0.39, 0.29) is 98.1 Å². The van der Waals surface area contributed by atoms with Gasteiger partial charge in [-0.25, -0.2) is 0 Å². The second-order valence-electron chi connectivity index (χ2n) is 12.3. The molecule has 0 spiro atoms. The van der Waals surface area contributed by atoms with Crippen LogP contribution in [0.2, 0.25) is 0 Å². The minimum Gasteiger partial charge on any atom is -0.362 e. The number of hydrogen-bond acceptors (Lipinski definition) is 21. The van der Waals surface area contributed by atoms with E-state index in [9.17, 15) is 71.8 Å². The molecule has 25 nitrogen and oxygen atoms in total. The van der Waals surface area contributed by atoms with Crippen molar-refractivity contribution in [2.24, 2.45) is 0 Å². The fourth-order valence-corrected chi connectivity index (χ4v) is 7.92. The molecule has 2 aromatic carbocycles. The summed E-state index contributed by atoms with van der Waals surface area (Å²) in [4.78, 5) is 83.7. The highest BCUT2D eigenvalue weighted by atomic mass is 79.9. The fraction of sp³-hybridized carbons (Fsp3) is 0.533. The molecule has 0 bridgehead atoms. The van der Waals surface area contributed by atoms with Gasteiger partial charge in [-0.3, -0.25) is 68.6 Å². The lowest BCUT2D eigenvalue weighted by Crippen LogP contribution is -2.32. The third-order valence-corrected chi connectivity index (χ3v) is 10.9. The number of hydrogen-bond donors (Lipinski definition) is 3. The molecule has 0 fully saturated rings. The molecule has 2 rings (SSSR count). The molecule has 0 aliphatic rings. The SMILES string of the molecule is CS(=O)(=O)OCCN(CCBr)c1c(C(=O)CCCNP(O)NCCCC(=O)c2cc([N+](=O)[O-])cc([N+](=O)[O-])c2N(CCBr)CCOS(C)(=O)=O)cc([N+](=O)[O-])cc1[N+](=O)[O-]. The van der Waals surface area contributed by atoms with Crippen molar-refractivity contribution in [3.8, 4) is 0 Å². The maximum Gasteiger partial charge on any atom is 0.300 e. The zero-order chi connectivity index (χ0) is 45.4. The molecule has 0 radical (unpaired) electrons. The molecule has 0 amide bonds. The van der Waals surface area contributed by atoms with Gasteiger partial charge in [0.25, 0.3) is 43.0 Å². The normalized spacial score (nSPS) is 11.7. The predicted octanol–water partition coefficient (Wildman–Crippen LogP) is 3.70. The van der Waals surface area contributed by atoms with E-state index in [4.69, 9.17) is 8.37 Å². The van der Waals surface area contributed by atoms with E-state index in [1.54, 1.807) is 0 Å². The Labute approximate surface area is 361 Å². The molecule has 3 N–H and O–H groups in total. The number of rotatable bonds is 30. The zero-order valence-electron chi connectivity index (χ0n) is 31.9. The second kappa shape index (κ2) is 24.5. The van der Waals surface area contributed by atoms with E-state index in [0.717, 1.165) is 24.6 Å². The summed E-state index contributed by atoms with van der Waals surface area (Å²) in [6.07, 6.45) is 1.05. The molecule has 0 heterocycles. The van der Waals surface area contributed by atoms with Crippen molar-refractivity contribution in [3.05, 3.63) is 75.8 Å². The number of ketones is 2. The molecule has 0 aliphatic carbocycles. The van der Waals surface area contributed by atoms with E-state index in [1.165, 1.54) is 9.80 Å². The molecule has 30 heteroatoms. The van der Waals surface area contributed by atoms with Gasteiger partial charge in [0.15, 0.2) is 20.0 Å². The number of carbonyl (C=O) groups is 2. The number of nitro groups is 4. The van der Waals surface area contributed by atoms with Crippen molar-refractivity contribution in [3.63, 3.8) is 0 Å². The van der Waals surface area contributed by atoms with Gasteiger partial charge in [0.05, 0.1) is 68.7 Å². The van der Waals surface area contributed by atoms with Crippen LogP contribution in [0.1, 0.15) is 46.4 Å². The molecule has 60 heavy (non-hydrogen) atoms. The number of nitro benzene ring substituents is 4. The topological polar surface area (TPSA) is 344 Å². The predicted molar refractivity (Wildman–Crippen MR) is 225 cm³/mol. The van der Waals surface area contributed by atoms with Gasteiger partial charge in [-0.2, -0.15) is 16.8 Å². The van der Waals surface area contributed by atoms with E-state index in [2.05, 4.69) is 42.0 Å². The van der Waals surface area contributed by atoms with Gasteiger partial charge in [0, 0.05) is 74.9 Å². The first-order chi connectivity index (χ1) is 28.0. The Morgan fingerprint density at radius 2 is 1.02 bits per heavy atom. The molecule has 0 saturated carbocycles. The van der Waals surface area contributed by atoms with Gasteiger partial charge >= 0.3 is 0 Å². The van der Waals surface area contributed by atoms with Crippen LogP contribution in [0.3, 0.4) is 0 Å². The van der Waals surface area contributed by atoms with Gasteiger partial charge in [-0.1, -0.05) is 31.9 Å². The lowest BCUT2D eigenvalue weighted by atomic mass is 10.0. The Hall–Kier alpha value is -3.93. The zero-order valence-corrected chi connectivity index (χ0v) is 37.6. The maximum absolute atomic E-state index is 13.5. The summed E-state index contributed by atoms with van der Waals surface area (Å²) in [6, 6.07) is 3.16. The minimum absolute atomic E-state index is 0.00724. The first kappa shape index (κ1) is 52.2. The van der Waals surface area contributed by atoms with Crippen LogP contribution in [0.5, 0.6) is 0 Å². The Morgan fingerprint density at radius 1 is 0.667 bits per heavy atom. The molecule has 2 aromatic rings. The van der Waals surface area contributed by atoms with Crippen molar-refractivity contribution in [1.82, 2.24) is 10.2 Å². The van der Waals surface area contributed by atoms with Crippen molar-refractivity contribution in [1.29, 1.82) is 0 Å². The largest absolute Gasteiger partial charge is 0.362 e. The first-order valence-corrected chi connectivity index (χ1v) is 24.4. The van der Waals surface area contributed by atoms with E-state index in [0.29, 0.717) is 12.1 Å². The Kier molecular flexibility index (Phi) is 21.3. The van der Waals surface area contributed by atoms with Gasteiger partial charge < -0.3 is 14.7 Å². The number of benzene rings is 2. The van der Waals surface area contributed by atoms with Crippen molar-refractivity contribution >= 4 is 106 Å². The molecule has 0 aromatic heterocycles. The number of carbonyl (C=O) groups excluding carboxylic acids is 2. The number of nitrogens with one attached hydrogen (secondary N) is 2. The number of alkyl halides is 2. The van der Waals surface area contributed by atoms with Crippen LogP contribution >= 0.6 is 40.3 Å². The van der Waals surface area contributed by atoms with Gasteiger partial charge in [-0.05, 0) is 12.8 Å². The highest BCUT2D eigenvalue weighted by Crippen LogP contribution is 2.39. The average molecular weight is 1040 g/mol. The smallest absolute Gasteiger partial charge is 0.300 e. The standard InChI is InChI=1S/C30H41Br2N8O17PS2/c1-59(52,53)56-15-13-35(11-7-31)29-23(17-21(37(43)44)19-25(29)39(47)48)27(41)5-3-9-33-58(51)34-10-4-6-28(42)24-18-22(38(45)46)20-26(40(49)50)30(24)36(12-8-32)14-16-57-60(2,54)55/h17-20,33-34,51H,3-16H2,1-2H3. The average Bonchev–Trinajstić information content (AvgIpc) is 3.15. The molecular formula is C30H41Br2N8O17PS2. The van der Waals surface area contributed by atoms with Crippen LogP contribution < -0.4 is 20.0 Å². The Bertz CT molecular complexity index is 1990. The lowest BCUT2D eigenvalue weighted by molar-refractivity contribution is -0.394. The third-order valence-electron chi connectivity index (χ3n) is 7.91. The summed E-state index contributed by atoms with van der Waals surface area (Å²) in [6.45, 7) is -1.35. The number of halogens is 2. The molecule has 0 saturated heterocycles. The van der Waals surface area contributed by atoms with Gasteiger partial charge in [-0.15, -0.1) is 0 Å². The molecule has 0 aliphatic heterocycles. The van der Waals surface area contributed by atoms with Crippen LogP contribution in [0.4, 0.5) is 34.1 Å². The minimum atomic E-state index is -3.89. The van der Waals surface area contributed by atoms with Crippen LogP contribution in [0.25, 0.3) is 0 Å². The van der Waals surface area contributed by atoms with E-state index in [1.807, 2.05) is 0 Å². The quantitative estimate of drug-likeness (QED) is 0.0191. The summed E-state index contributed by atoms with van der Waals surface area (Å²) >= 11 is 6.40. The van der Waals surface area contributed by atoms with Crippen molar-refractivity contribution < 1.29 is 59.4 Å². The van der Waals surface area contributed by atoms with Crippen LogP contribution in [0.15, 0.2) is 24.3 Å². The van der Waals surface area contributed by atoms with Crippen molar-refractivity contribution in [2.75, 3.05) is 85.5 Å². The van der Waals surface area contributed by atoms with Crippen molar-refractivity contribution in [2.45, 2.75) is 25.7 Å². The van der Waals surface area contributed by atoms with Gasteiger partial charge in [0.2, 0.25) is 0 Å². The van der Waals surface area contributed by atoms with E-state index < -0.39 is 95.9 Å². The second-order valence-corrected chi connectivity index (χ2v) is 18.5. The van der Waals surface area contributed by atoms with E-state index >= 15 is 0 Å². The number of non-ortho nitro benzene ring substituents is 2. The summed E-state index contributed by atoms with van der Waals surface area (Å²) < 4.78 is 55.5.